The minimum Gasteiger partial charge on any atom is -0.319 e. The number of hydrogen-bond acceptors (Lipinski definition) is 4. The van der Waals surface area contributed by atoms with Gasteiger partial charge in [-0.25, -0.2) is 15.0 Å². The van der Waals surface area contributed by atoms with Gasteiger partial charge in [0.1, 0.15) is 7.14 Å². The maximum atomic E-state index is 12.8. The maximum Gasteiger partial charge on any atom is 0.164 e. The molecule has 0 fully saturated rings. The van der Waals surface area contributed by atoms with Crippen LogP contribution < -0.4 is 5.30 Å². The third kappa shape index (κ3) is 5.48. The first-order valence-electron chi connectivity index (χ1n) is 14.6. The Morgan fingerprint density at radius 3 is 1.32 bits per heavy atom. The fourth-order valence-electron chi connectivity index (χ4n) is 5.55. The topological polar surface area (TPSA) is 55.7 Å². The van der Waals surface area contributed by atoms with Crippen molar-refractivity contribution in [3.05, 3.63) is 146 Å². The Kier molecular flexibility index (Phi) is 7.21. The van der Waals surface area contributed by atoms with Gasteiger partial charge in [0.25, 0.3) is 0 Å². The van der Waals surface area contributed by atoms with E-state index in [-0.39, 0.29) is 0 Å². The molecule has 1 heterocycles. The smallest absolute Gasteiger partial charge is 0.164 e. The predicted molar refractivity (Wildman–Crippen MR) is 184 cm³/mol. The highest BCUT2D eigenvalue weighted by Crippen LogP contribution is 2.39. The van der Waals surface area contributed by atoms with Crippen LogP contribution in [0.1, 0.15) is 0 Å². The summed E-state index contributed by atoms with van der Waals surface area (Å²) in [5.74, 6) is 1.92. The molecule has 0 spiro atoms. The fourth-order valence-corrected chi connectivity index (χ4v) is 6.44. The zero-order valence-corrected chi connectivity index (χ0v) is 25.4. The summed E-state index contributed by atoms with van der Waals surface area (Å²) < 4.78 is 12.8. The Labute approximate surface area is 257 Å². The van der Waals surface area contributed by atoms with Crippen LogP contribution in [0.25, 0.3) is 67.2 Å². The normalized spacial score (nSPS) is 11.5. The summed E-state index contributed by atoms with van der Waals surface area (Å²) >= 11 is 0. The average Bonchev–Trinajstić information content (AvgIpc) is 3.08. The Morgan fingerprint density at radius 2 is 0.818 bits per heavy atom. The third-order valence-corrected chi connectivity index (χ3v) is 9.38. The molecule has 212 valence electrons. The van der Waals surface area contributed by atoms with E-state index in [0.717, 1.165) is 55.0 Å². The fraction of sp³-hybridized carbons (Fsp3) is 0.0513. The lowest BCUT2D eigenvalue weighted by Gasteiger charge is -2.14. The van der Waals surface area contributed by atoms with Crippen molar-refractivity contribution in [3.63, 3.8) is 0 Å². The zero-order chi connectivity index (χ0) is 30.1. The van der Waals surface area contributed by atoms with Gasteiger partial charge in [0.2, 0.25) is 0 Å². The highest BCUT2D eigenvalue weighted by molar-refractivity contribution is 7.70. The number of benzene rings is 6. The molecule has 5 heteroatoms. The van der Waals surface area contributed by atoms with Crippen molar-refractivity contribution in [3.8, 4) is 56.4 Å². The minimum absolute atomic E-state index is 0.633. The van der Waals surface area contributed by atoms with Crippen molar-refractivity contribution in [1.82, 2.24) is 15.0 Å². The van der Waals surface area contributed by atoms with Crippen molar-refractivity contribution >= 4 is 23.2 Å². The zero-order valence-electron chi connectivity index (χ0n) is 24.6. The van der Waals surface area contributed by atoms with E-state index in [1.54, 1.807) is 0 Å². The average molecular weight is 588 g/mol. The van der Waals surface area contributed by atoms with E-state index in [1.165, 1.54) is 0 Å². The van der Waals surface area contributed by atoms with Gasteiger partial charge in [0.05, 0.1) is 0 Å². The largest absolute Gasteiger partial charge is 0.319 e. The Bertz CT molecular complexity index is 2100. The summed E-state index contributed by atoms with van der Waals surface area (Å²) in [4.78, 5) is 14.6. The second-order valence-corrected chi connectivity index (χ2v) is 14.4. The molecule has 0 aliphatic carbocycles. The van der Waals surface area contributed by atoms with Crippen LogP contribution in [0.4, 0.5) is 0 Å². The van der Waals surface area contributed by atoms with E-state index < -0.39 is 7.14 Å². The molecule has 44 heavy (non-hydrogen) atoms. The monoisotopic (exact) mass is 587 g/mol. The van der Waals surface area contributed by atoms with Crippen molar-refractivity contribution in [2.45, 2.75) is 0 Å². The van der Waals surface area contributed by atoms with Gasteiger partial charge in [-0.1, -0.05) is 140 Å². The number of aromatic nitrogens is 3. The number of fused-ring (bicyclic) bond motifs is 1. The summed E-state index contributed by atoms with van der Waals surface area (Å²) in [7, 11) is -2.37. The first kappa shape index (κ1) is 27.6. The highest BCUT2D eigenvalue weighted by Gasteiger charge is 2.15. The lowest BCUT2D eigenvalue weighted by Crippen LogP contribution is -2.02. The van der Waals surface area contributed by atoms with Crippen molar-refractivity contribution < 1.29 is 4.57 Å². The van der Waals surface area contributed by atoms with E-state index >= 15 is 0 Å². The molecule has 0 aliphatic heterocycles. The molecule has 6 aromatic carbocycles. The Morgan fingerprint density at radius 1 is 0.409 bits per heavy atom. The van der Waals surface area contributed by atoms with E-state index in [0.29, 0.717) is 17.5 Å². The Hall–Kier alpha value is -5.18. The molecule has 7 aromatic rings. The first-order chi connectivity index (χ1) is 21.4. The number of rotatable bonds is 6. The van der Waals surface area contributed by atoms with Crippen LogP contribution in [0.15, 0.2) is 146 Å². The predicted octanol–water partition coefficient (Wildman–Crippen LogP) is 9.61. The summed E-state index contributed by atoms with van der Waals surface area (Å²) in [6, 6.07) is 49.4. The van der Waals surface area contributed by atoms with Gasteiger partial charge in [0.15, 0.2) is 17.5 Å². The molecule has 0 amide bonds. The van der Waals surface area contributed by atoms with E-state index in [9.17, 15) is 4.57 Å². The molecule has 0 aliphatic rings. The van der Waals surface area contributed by atoms with Crippen LogP contribution in [-0.2, 0) is 4.57 Å². The van der Waals surface area contributed by atoms with E-state index in [2.05, 4.69) is 72.8 Å². The quantitative estimate of drug-likeness (QED) is 0.182. The van der Waals surface area contributed by atoms with Crippen LogP contribution in [-0.4, -0.2) is 28.3 Å². The molecule has 0 bridgehead atoms. The summed E-state index contributed by atoms with van der Waals surface area (Å²) in [6.45, 7) is 3.64. The van der Waals surface area contributed by atoms with E-state index in [1.807, 2.05) is 86.1 Å². The van der Waals surface area contributed by atoms with E-state index in [4.69, 9.17) is 15.0 Å². The highest BCUT2D eigenvalue weighted by atomic mass is 31.2. The molecule has 0 atom stereocenters. The van der Waals surface area contributed by atoms with Crippen LogP contribution in [0.5, 0.6) is 0 Å². The van der Waals surface area contributed by atoms with Gasteiger partial charge in [-0.05, 0) is 52.4 Å². The van der Waals surface area contributed by atoms with Crippen LogP contribution in [0, 0.1) is 0 Å². The van der Waals surface area contributed by atoms with Crippen molar-refractivity contribution in [2.75, 3.05) is 13.3 Å². The molecular formula is C39H30N3OP. The molecular weight excluding hydrogens is 557 g/mol. The molecule has 0 saturated carbocycles. The van der Waals surface area contributed by atoms with Gasteiger partial charge in [0, 0.05) is 22.0 Å². The van der Waals surface area contributed by atoms with Crippen LogP contribution in [0.2, 0.25) is 0 Å². The summed E-state index contributed by atoms with van der Waals surface area (Å²) in [6.07, 6.45) is 0. The first-order valence-corrected chi connectivity index (χ1v) is 17.2. The van der Waals surface area contributed by atoms with Crippen molar-refractivity contribution in [1.29, 1.82) is 0 Å². The van der Waals surface area contributed by atoms with Gasteiger partial charge in [-0.15, -0.1) is 0 Å². The van der Waals surface area contributed by atoms with Gasteiger partial charge in [-0.2, -0.15) is 0 Å². The second kappa shape index (κ2) is 11.5. The van der Waals surface area contributed by atoms with Gasteiger partial charge in [-0.3, -0.25) is 0 Å². The lowest BCUT2D eigenvalue weighted by molar-refractivity contribution is 0.588. The lowest BCUT2D eigenvalue weighted by atomic mass is 9.92. The van der Waals surface area contributed by atoms with Gasteiger partial charge < -0.3 is 4.57 Å². The molecule has 0 N–H and O–H groups in total. The molecule has 0 radical (unpaired) electrons. The SMILES string of the molecule is CP(C)(=O)c1cccc(-c2ccc(-c3ccc(-c4nc(-c5ccccc5)nc(-c5ccccc5)n4)cc3)c3ccccc23)c1. The summed E-state index contributed by atoms with van der Waals surface area (Å²) in [5.41, 5.74) is 7.27. The van der Waals surface area contributed by atoms with Crippen molar-refractivity contribution in [2.24, 2.45) is 0 Å². The summed E-state index contributed by atoms with van der Waals surface area (Å²) in [5, 5.41) is 3.21. The second-order valence-electron chi connectivity index (χ2n) is 11.2. The minimum atomic E-state index is -2.37. The molecule has 0 unspecified atom stereocenters. The number of hydrogen-bond donors (Lipinski definition) is 0. The van der Waals surface area contributed by atoms with Crippen LogP contribution in [0.3, 0.4) is 0 Å². The Balaban J connectivity index is 1.29. The molecule has 4 nitrogen and oxygen atoms in total. The third-order valence-electron chi connectivity index (χ3n) is 7.86. The molecule has 7 rings (SSSR count). The number of nitrogens with zero attached hydrogens (tertiary/aromatic N) is 3. The molecule has 1 aromatic heterocycles. The maximum absolute atomic E-state index is 12.8. The molecule has 0 saturated heterocycles. The standard InChI is InChI=1S/C39H30N3OP/c1-44(2,43)32-17-11-16-31(26-32)34-25-24-33(35-18-9-10-19-36(34)35)27-20-22-30(23-21-27)39-41-37(28-12-5-3-6-13-28)40-38(42-39)29-14-7-4-8-15-29/h3-26H,1-2H3. The van der Waals surface area contributed by atoms with Crippen LogP contribution >= 0.6 is 7.14 Å². The van der Waals surface area contributed by atoms with Gasteiger partial charge >= 0.3 is 0 Å².